The molecule has 1 saturated heterocycles. The summed E-state index contributed by atoms with van der Waals surface area (Å²) in [5.41, 5.74) is -0.835. The van der Waals surface area contributed by atoms with Crippen LogP contribution in [0.4, 0.5) is 11.4 Å². The number of carbonyl (C=O) groups excluding carboxylic acids is 1. The molecule has 2 aliphatic heterocycles. The van der Waals surface area contributed by atoms with Gasteiger partial charge in [-0.05, 0) is 96.7 Å². The summed E-state index contributed by atoms with van der Waals surface area (Å²) in [7, 11) is 0.116. The number of hydrogen-bond donors (Lipinski definition) is 1. The Labute approximate surface area is 298 Å². The molecular weight excluding hydrogens is 763 g/mol. The van der Waals surface area contributed by atoms with Crippen LogP contribution in [-0.2, 0) is 20.2 Å². The van der Waals surface area contributed by atoms with Crippen LogP contribution in [-0.4, -0.2) is 89.3 Å². The Balaban J connectivity index is 1.72. The van der Waals surface area contributed by atoms with Crippen molar-refractivity contribution in [1.29, 1.82) is 0 Å². The van der Waals surface area contributed by atoms with Gasteiger partial charge in [0.25, 0.3) is 15.9 Å². The van der Waals surface area contributed by atoms with Crippen molar-refractivity contribution in [3.8, 4) is 17.4 Å². The summed E-state index contributed by atoms with van der Waals surface area (Å²) < 4.78 is 47.8. The quantitative estimate of drug-likeness (QED) is 0.225. The second-order valence-electron chi connectivity index (χ2n) is 11.6. The molecule has 14 heteroatoms. The van der Waals surface area contributed by atoms with E-state index in [0.717, 1.165) is 17.4 Å². The first kappa shape index (κ1) is 34.5. The van der Waals surface area contributed by atoms with E-state index in [2.05, 4.69) is 37.4 Å². The number of anilines is 2. The maximum atomic E-state index is 15.6. The minimum absolute atomic E-state index is 0.0311. The predicted octanol–water partition coefficient (Wildman–Crippen LogP) is 4.62. The Morgan fingerprint density at radius 3 is 2.39 bits per heavy atom. The number of sulfonamides is 1. The van der Waals surface area contributed by atoms with Crippen LogP contribution in [0.15, 0.2) is 77.8 Å². The largest absolute Gasteiger partial charge is 0.497 e. The van der Waals surface area contributed by atoms with Gasteiger partial charge in [-0.15, -0.1) is 0 Å². The lowest BCUT2D eigenvalue weighted by atomic mass is 9.68. The molecule has 49 heavy (non-hydrogen) atoms. The minimum Gasteiger partial charge on any atom is -0.497 e. The third kappa shape index (κ3) is 5.74. The molecule has 1 N–H and O–H groups in total. The average molecular weight is 799 g/mol. The molecule has 6 rings (SSSR count). The van der Waals surface area contributed by atoms with Gasteiger partial charge >= 0.3 is 5.97 Å². The van der Waals surface area contributed by atoms with Gasteiger partial charge in [-0.3, -0.25) is 4.79 Å². The molecule has 0 bridgehead atoms. The van der Waals surface area contributed by atoms with Gasteiger partial charge in [0.1, 0.15) is 21.8 Å². The molecular formula is C35H35IN4O8S. The number of carboxylic acids is 1. The number of ether oxygens (including phenoxy) is 3. The van der Waals surface area contributed by atoms with Gasteiger partial charge in [0, 0.05) is 58.8 Å². The lowest BCUT2D eigenvalue weighted by molar-refractivity contribution is -0.119. The summed E-state index contributed by atoms with van der Waals surface area (Å²) in [6.07, 6.45) is 1.51. The van der Waals surface area contributed by atoms with Crippen LogP contribution in [0.25, 0.3) is 0 Å². The summed E-state index contributed by atoms with van der Waals surface area (Å²) in [6, 6.07) is 17.3. The van der Waals surface area contributed by atoms with Gasteiger partial charge in [0.15, 0.2) is 0 Å². The zero-order valence-electron chi connectivity index (χ0n) is 27.3. The van der Waals surface area contributed by atoms with Crippen molar-refractivity contribution in [1.82, 2.24) is 9.88 Å². The Morgan fingerprint density at radius 2 is 1.71 bits per heavy atom. The standard InChI is InChI=1S/C35H35IN4O8S/c1-5-48-32-26(7-6-14-37-32)35(27-20-23(9-11-25(27)33(41)42)39-17-15-38(2)16-18-39)28-19-22(36)8-12-29(28)40(34(35)43)49(44,45)31-13-10-24(46-3)21-30(31)47-4/h6-14,19-21H,5,15-18H2,1-4H3,(H,41,42). The van der Waals surface area contributed by atoms with Crippen molar-refractivity contribution in [2.24, 2.45) is 0 Å². The maximum Gasteiger partial charge on any atom is 0.336 e. The SMILES string of the molecule is CCOc1ncccc1C1(c2cc(N3CCN(C)CC3)ccc2C(=O)O)C(=O)N(S(=O)(=O)c2ccc(OC)cc2OC)c2ccc(I)cc21. The second-order valence-corrected chi connectivity index (χ2v) is 14.6. The van der Waals surface area contributed by atoms with Crippen molar-refractivity contribution in [3.05, 3.63) is 98.8 Å². The first-order valence-electron chi connectivity index (χ1n) is 15.5. The summed E-state index contributed by atoms with van der Waals surface area (Å²) in [4.78, 5) is 37.2. The van der Waals surface area contributed by atoms with Crippen LogP contribution in [0, 0.1) is 3.57 Å². The molecule has 3 heterocycles. The van der Waals surface area contributed by atoms with E-state index in [1.807, 2.05) is 7.05 Å². The number of fused-ring (bicyclic) bond motifs is 1. The van der Waals surface area contributed by atoms with Gasteiger partial charge in [-0.1, -0.05) is 6.07 Å². The van der Waals surface area contributed by atoms with Crippen LogP contribution in [0.2, 0.25) is 0 Å². The van der Waals surface area contributed by atoms with Crippen LogP contribution < -0.4 is 23.4 Å². The fourth-order valence-electron chi connectivity index (χ4n) is 6.57. The van der Waals surface area contributed by atoms with E-state index in [-0.39, 0.29) is 51.1 Å². The number of likely N-dealkylation sites (N-methyl/N-ethyl adjacent to an activating group) is 1. The van der Waals surface area contributed by atoms with Gasteiger partial charge < -0.3 is 29.1 Å². The van der Waals surface area contributed by atoms with Crippen molar-refractivity contribution in [3.63, 3.8) is 0 Å². The highest BCUT2D eigenvalue weighted by Crippen LogP contribution is 2.55. The molecule has 1 aromatic heterocycles. The van der Waals surface area contributed by atoms with E-state index < -0.39 is 27.3 Å². The van der Waals surface area contributed by atoms with E-state index in [4.69, 9.17) is 14.2 Å². The molecule has 0 spiro atoms. The van der Waals surface area contributed by atoms with Crippen LogP contribution in [0.3, 0.4) is 0 Å². The smallest absolute Gasteiger partial charge is 0.336 e. The number of benzene rings is 3. The van der Waals surface area contributed by atoms with Gasteiger partial charge in [-0.25, -0.2) is 22.5 Å². The predicted molar refractivity (Wildman–Crippen MR) is 192 cm³/mol. The maximum absolute atomic E-state index is 15.6. The number of aromatic carboxylic acids is 1. The lowest BCUT2D eigenvalue weighted by Gasteiger charge is -2.36. The van der Waals surface area contributed by atoms with E-state index in [1.54, 1.807) is 49.4 Å². The van der Waals surface area contributed by atoms with Gasteiger partial charge in [0.2, 0.25) is 5.88 Å². The van der Waals surface area contributed by atoms with Gasteiger partial charge in [0.05, 0.1) is 32.1 Å². The summed E-state index contributed by atoms with van der Waals surface area (Å²) >= 11 is 2.10. The molecule has 0 radical (unpaired) electrons. The van der Waals surface area contributed by atoms with Crippen molar-refractivity contribution in [2.45, 2.75) is 17.2 Å². The fourth-order valence-corrected chi connectivity index (χ4v) is 8.67. The van der Waals surface area contributed by atoms with Crippen molar-refractivity contribution >= 4 is 55.9 Å². The number of carboxylic acid groups (broad SMARTS) is 1. The number of amides is 1. The Kier molecular flexibility index (Phi) is 9.48. The molecule has 1 fully saturated rings. The Bertz CT molecular complexity index is 2050. The highest BCUT2D eigenvalue weighted by atomic mass is 127. The number of carbonyl (C=O) groups is 2. The summed E-state index contributed by atoms with van der Waals surface area (Å²) in [5, 5.41) is 10.7. The van der Waals surface area contributed by atoms with E-state index in [9.17, 15) is 18.3 Å². The number of methoxy groups -OCH3 is 2. The first-order valence-corrected chi connectivity index (χ1v) is 18.0. The zero-order chi connectivity index (χ0) is 35.1. The van der Waals surface area contributed by atoms with Crippen molar-refractivity contribution < 1.29 is 37.3 Å². The molecule has 1 unspecified atom stereocenters. The number of rotatable bonds is 10. The third-order valence-corrected chi connectivity index (χ3v) is 11.3. The molecule has 256 valence electrons. The molecule has 1 amide bonds. The van der Waals surface area contributed by atoms with Crippen LogP contribution in [0.5, 0.6) is 17.4 Å². The van der Waals surface area contributed by atoms with Gasteiger partial charge in [-0.2, -0.15) is 0 Å². The van der Waals surface area contributed by atoms with E-state index in [0.29, 0.717) is 28.1 Å². The molecule has 0 aliphatic carbocycles. The number of hydrogen-bond acceptors (Lipinski definition) is 10. The molecule has 0 saturated carbocycles. The summed E-state index contributed by atoms with van der Waals surface area (Å²) in [5.74, 6) is -1.79. The van der Waals surface area contributed by atoms with Crippen LogP contribution in [0.1, 0.15) is 34.0 Å². The second kappa shape index (κ2) is 13.5. The normalized spacial score (nSPS) is 17.9. The molecule has 3 aromatic carbocycles. The number of nitrogens with zero attached hydrogens (tertiary/aromatic N) is 4. The molecule has 4 aromatic rings. The van der Waals surface area contributed by atoms with E-state index in [1.165, 1.54) is 44.7 Å². The number of piperazine rings is 1. The average Bonchev–Trinajstić information content (AvgIpc) is 3.36. The fraction of sp³-hybridized carbons (Fsp3) is 0.286. The highest BCUT2D eigenvalue weighted by molar-refractivity contribution is 14.1. The monoisotopic (exact) mass is 798 g/mol. The van der Waals surface area contributed by atoms with E-state index >= 15 is 4.79 Å². The molecule has 12 nitrogen and oxygen atoms in total. The number of pyridine rings is 1. The van der Waals surface area contributed by atoms with Crippen LogP contribution >= 0.6 is 22.6 Å². The Morgan fingerprint density at radius 1 is 0.959 bits per heavy atom. The molecule has 2 aliphatic rings. The topological polar surface area (TPSA) is 139 Å². The summed E-state index contributed by atoms with van der Waals surface area (Å²) in [6.45, 7) is 4.87. The number of aromatic nitrogens is 1. The van der Waals surface area contributed by atoms with Crippen molar-refractivity contribution in [2.75, 3.05) is 63.3 Å². The number of halogens is 1. The third-order valence-electron chi connectivity index (χ3n) is 8.94. The zero-order valence-corrected chi connectivity index (χ0v) is 30.3. The highest BCUT2D eigenvalue weighted by Gasteiger charge is 2.60. The first-order chi connectivity index (χ1) is 23.5. The Hall–Kier alpha value is -4.41. The minimum atomic E-state index is -4.69. The molecule has 1 atom stereocenters. The lowest BCUT2D eigenvalue weighted by Crippen LogP contribution is -2.46.